The zero-order valence-electron chi connectivity index (χ0n) is 16.2. The lowest BCUT2D eigenvalue weighted by Gasteiger charge is -2.21. The van der Waals surface area contributed by atoms with E-state index in [-0.39, 0.29) is 24.1 Å². The van der Waals surface area contributed by atoms with E-state index in [9.17, 15) is 14.4 Å². The zero-order chi connectivity index (χ0) is 19.6. The lowest BCUT2D eigenvalue weighted by molar-refractivity contribution is -0.138. The maximum absolute atomic E-state index is 12.6. The Hall–Kier alpha value is -2.57. The molecule has 7 nitrogen and oxygen atoms in total. The number of carbonyl (C=O) groups is 3. The van der Waals surface area contributed by atoms with Crippen LogP contribution in [-0.2, 0) is 14.4 Å². The molecule has 0 unspecified atom stereocenters. The van der Waals surface area contributed by atoms with Gasteiger partial charge in [-0.1, -0.05) is 13.8 Å². The number of benzene rings is 1. The van der Waals surface area contributed by atoms with Crippen molar-refractivity contribution in [3.63, 3.8) is 0 Å². The number of hydrogen-bond acceptors (Lipinski definition) is 5. The zero-order valence-corrected chi connectivity index (χ0v) is 16.2. The number of amides is 3. The number of likely N-dealkylation sites (tertiary alicyclic amines) is 1. The monoisotopic (exact) mass is 373 g/mol. The number of anilines is 2. The molecule has 0 radical (unpaired) electrons. The molecule has 1 aromatic carbocycles. The van der Waals surface area contributed by atoms with Crippen molar-refractivity contribution in [1.82, 2.24) is 4.90 Å². The number of rotatable bonds is 7. The van der Waals surface area contributed by atoms with Crippen LogP contribution in [-0.4, -0.2) is 48.9 Å². The van der Waals surface area contributed by atoms with E-state index < -0.39 is 6.04 Å². The van der Waals surface area contributed by atoms with Gasteiger partial charge in [-0.15, -0.1) is 0 Å². The van der Waals surface area contributed by atoms with Crippen molar-refractivity contribution in [3.05, 3.63) is 18.2 Å². The van der Waals surface area contributed by atoms with E-state index in [0.29, 0.717) is 36.9 Å². The fraction of sp³-hybridized carbons (Fsp3) is 0.550. The Morgan fingerprint density at radius 1 is 1.22 bits per heavy atom. The van der Waals surface area contributed by atoms with Gasteiger partial charge < -0.3 is 15.0 Å². The molecule has 0 bridgehead atoms. The van der Waals surface area contributed by atoms with Gasteiger partial charge in [0.2, 0.25) is 11.8 Å². The van der Waals surface area contributed by atoms with Crippen molar-refractivity contribution < 1.29 is 19.1 Å². The Morgan fingerprint density at radius 2 is 2.00 bits per heavy atom. The molecular formula is C20H27N3O4. The van der Waals surface area contributed by atoms with Crippen LogP contribution in [0.4, 0.5) is 11.4 Å². The summed E-state index contributed by atoms with van der Waals surface area (Å²) in [5, 5.41) is 3.15. The Bertz CT molecular complexity index is 747. The van der Waals surface area contributed by atoms with Gasteiger partial charge in [0.15, 0.2) is 0 Å². The predicted molar refractivity (Wildman–Crippen MR) is 103 cm³/mol. The number of methoxy groups -OCH3 is 1. The third-order valence-corrected chi connectivity index (χ3v) is 5.06. The first-order chi connectivity index (χ1) is 12.9. The van der Waals surface area contributed by atoms with Crippen LogP contribution in [0.5, 0.6) is 5.75 Å². The van der Waals surface area contributed by atoms with Gasteiger partial charge in [0, 0.05) is 31.3 Å². The molecule has 2 saturated heterocycles. The van der Waals surface area contributed by atoms with E-state index in [0.717, 1.165) is 18.5 Å². The first kappa shape index (κ1) is 19.2. The third-order valence-electron chi connectivity index (χ3n) is 5.06. The third kappa shape index (κ3) is 4.07. The van der Waals surface area contributed by atoms with Crippen molar-refractivity contribution in [3.8, 4) is 5.75 Å². The molecule has 3 amide bonds. The fourth-order valence-electron chi connectivity index (χ4n) is 3.51. The van der Waals surface area contributed by atoms with Crippen molar-refractivity contribution in [2.75, 3.05) is 30.4 Å². The average molecular weight is 373 g/mol. The van der Waals surface area contributed by atoms with Crippen molar-refractivity contribution in [2.45, 2.75) is 45.6 Å². The highest BCUT2D eigenvalue weighted by molar-refractivity contribution is 6.07. The SMILES string of the molecule is COc1cc(N[C@@H]2CC(=O)N(CCC(C)C)C2=O)ccc1N1CCCC1=O. The highest BCUT2D eigenvalue weighted by Crippen LogP contribution is 2.34. The van der Waals surface area contributed by atoms with Crippen LogP contribution in [0, 0.1) is 5.92 Å². The molecule has 3 rings (SSSR count). The van der Waals surface area contributed by atoms with Crippen molar-refractivity contribution in [2.24, 2.45) is 5.92 Å². The molecule has 2 aliphatic heterocycles. The Balaban J connectivity index is 1.71. The highest BCUT2D eigenvalue weighted by Gasteiger charge is 2.38. The van der Waals surface area contributed by atoms with E-state index in [1.165, 1.54) is 4.90 Å². The van der Waals surface area contributed by atoms with Crippen molar-refractivity contribution in [1.29, 1.82) is 0 Å². The maximum atomic E-state index is 12.6. The lowest BCUT2D eigenvalue weighted by atomic mass is 10.1. The van der Waals surface area contributed by atoms with Gasteiger partial charge in [-0.05, 0) is 30.9 Å². The van der Waals surface area contributed by atoms with Crippen LogP contribution in [0.3, 0.4) is 0 Å². The quantitative estimate of drug-likeness (QED) is 0.743. The predicted octanol–water partition coefficient (Wildman–Crippen LogP) is 2.41. The summed E-state index contributed by atoms with van der Waals surface area (Å²) in [7, 11) is 1.56. The Morgan fingerprint density at radius 3 is 2.63 bits per heavy atom. The molecule has 0 aliphatic carbocycles. The number of imide groups is 1. The van der Waals surface area contributed by atoms with E-state index in [4.69, 9.17) is 4.74 Å². The number of nitrogens with zero attached hydrogens (tertiary/aromatic N) is 2. The maximum Gasteiger partial charge on any atom is 0.252 e. The molecular weight excluding hydrogens is 346 g/mol. The standard InChI is InChI=1S/C20H27N3O4/c1-13(2)8-10-23-19(25)12-15(20(23)26)21-14-6-7-16(17(11-14)27-3)22-9-4-5-18(22)24/h6-7,11,13,15,21H,4-5,8-10,12H2,1-3H3/t15-/m1/s1. The number of nitrogens with one attached hydrogen (secondary N) is 1. The summed E-state index contributed by atoms with van der Waals surface area (Å²) in [6.45, 7) is 5.29. The van der Waals surface area contributed by atoms with E-state index in [1.54, 1.807) is 18.1 Å². The van der Waals surface area contributed by atoms with Crippen LogP contribution >= 0.6 is 0 Å². The highest BCUT2D eigenvalue weighted by atomic mass is 16.5. The molecule has 0 saturated carbocycles. The van der Waals surface area contributed by atoms with Crippen LogP contribution in [0.1, 0.15) is 39.5 Å². The number of ether oxygens (including phenoxy) is 1. The second-order valence-electron chi connectivity index (χ2n) is 7.50. The van der Waals surface area contributed by atoms with Gasteiger partial charge in [-0.3, -0.25) is 19.3 Å². The summed E-state index contributed by atoms with van der Waals surface area (Å²) < 4.78 is 5.45. The van der Waals surface area contributed by atoms with Crippen LogP contribution in [0.25, 0.3) is 0 Å². The van der Waals surface area contributed by atoms with Gasteiger partial charge in [0.1, 0.15) is 11.8 Å². The van der Waals surface area contributed by atoms with Crippen LogP contribution in [0.2, 0.25) is 0 Å². The second-order valence-corrected chi connectivity index (χ2v) is 7.50. The Kier molecular flexibility index (Phi) is 5.68. The molecule has 27 heavy (non-hydrogen) atoms. The van der Waals surface area contributed by atoms with E-state index in [1.807, 2.05) is 12.1 Å². The van der Waals surface area contributed by atoms with Gasteiger partial charge in [0.05, 0.1) is 19.2 Å². The molecule has 146 valence electrons. The molecule has 2 heterocycles. The van der Waals surface area contributed by atoms with Crippen LogP contribution < -0.4 is 15.0 Å². The summed E-state index contributed by atoms with van der Waals surface area (Å²) in [6.07, 6.45) is 2.35. The molecule has 1 N–H and O–H groups in total. The summed E-state index contributed by atoms with van der Waals surface area (Å²) in [5.74, 6) is 0.778. The van der Waals surface area contributed by atoms with E-state index >= 15 is 0 Å². The minimum Gasteiger partial charge on any atom is -0.494 e. The van der Waals surface area contributed by atoms with Gasteiger partial charge in [0.25, 0.3) is 5.91 Å². The minimum atomic E-state index is -0.561. The van der Waals surface area contributed by atoms with Crippen LogP contribution in [0.15, 0.2) is 18.2 Å². The Labute approximate surface area is 159 Å². The second kappa shape index (κ2) is 7.98. The van der Waals surface area contributed by atoms with Gasteiger partial charge >= 0.3 is 0 Å². The summed E-state index contributed by atoms with van der Waals surface area (Å²) in [4.78, 5) is 39.8. The normalized spacial score (nSPS) is 20.1. The van der Waals surface area contributed by atoms with Crippen molar-refractivity contribution >= 4 is 29.1 Å². The first-order valence-corrected chi connectivity index (χ1v) is 9.50. The topological polar surface area (TPSA) is 79.0 Å². The molecule has 7 heteroatoms. The molecule has 1 atom stereocenters. The minimum absolute atomic E-state index is 0.0892. The molecule has 0 aromatic heterocycles. The smallest absolute Gasteiger partial charge is 0.252 e. The van der Waals surface area contributed by atoms with Gasteiger partial charge in [-0.25, -0.2) is 0 Å². The molecule has 2 aliphatic rings. The first-order valence-electron chi connectivity index (χ1n) is 9.50. The molecule has 0 spiro atoms. The summed E-state index contributed by atoms with van der Waals surface area (Å²) in [6, 6.07) is 4.85. The summed E-state index contributed by atoms with van der Waals surface area (Å²) >= 11 is 0. The fourth-order valence-corrected chi connectivity index (χ4v) is 3.51. The number of hydrogen-bond donors (Lipinski definition) is 1. The summed E-state index contributed by atoms with van der Waals surface area (Å²) in [5.41, 5.74) is 1.43. The lowest BCUT2D eigenvalue weighted by Crippen LogP contribution is -2.35. The van der Waals surface area contributed by atoms with Gasteiger partial charge in [-0.2, -0.15) is 0 Å². The molecule has 1 aromatic rings. The van der Waals surface area contributed by atoms with E-state index in [2.05, 4.69) is 19.2 Å². The number of carbonyl (C=O) groups excluding carboxylic acids is 3. The average Bonchev–Trinajstić information content (AvgIpc) is 3.16. The molecule has 2 fully saturated rings. The largest absolute Gasteiger partial charge is 0.494 e.